The van der Waals surface area contributed by atoms with Crippen molar-refractivity contribution < 1.29 is 9.53 Å². The second-order valence-corrected chi connectivity index (χ2v) is 5.25. The van der Waals surface area contributed by atoms with Gasteiger partial charge in [0.15, 0.2) is 0 Å². The van der Waals surface area contributed by atoms with Crippen molar-refractivity contribution in [2.45, 2.75) is 31.8 Å². The Morgan fingerprint density at radius 3 is 2.71 bits per heavy atom. The van der Waals surface area contributed by atoms with Crippen LogP contribution in [0.2, 0.25) is 0 Å². The van der Waals surface area contributed by atoms with Crippen molar-refractivity contribution in [2.24, 2.45) is 5.92 Å². The van der Waals surface area contributed by atoms with E-state index in [0.29, 0.717) is 12.3 Å². The number of benzene rings is 1. The first-order chi connectivity index (χ1) is 8.10. The standard InChI is InChI=1S/C15H16O2/c1-10-9-15(2)12(8-13(16)17-15)14(10)11-6-4-3-5-7-11/h3-7,9,12,14H,8H2,1-2H3/t12-,14-,15+/m1/s1. The number of rotatable bonds is 1. The third-order valence-corrected chi connectivity index (χ3v) is 4.02. The van der Waals surface area contributed by atoms with Crippen molar-refractivity contribution in [3.63, 3.8) is 0 Å². The molecule has 0 aromatic heterocycles. The van der Waals surface area contributed by atoms with E-state index in [2.05, 4.69) is 37.3 Å². The van der Waals surface area contributed by atoms with E-state index in [1.807, 2.05) is 13.0 Å². The topological polar surface area (TPSA) is 26.3 Å². The van der Waals surface area contributed by atoms with Crippen LogP contribution >= 0.6 is 0 Å². The number of allylic oxidation sites excluding steroid dienone is 1. The molecule has 1 aliphatic carbocycles. The number of carbonyl (C=O) groups excluding carboxylic acids is 1. The van der Waals surface area contributed by atoms with E-state index in [1.54, 1.807) is 0 Å². The lowest BCUT2D eigenvalue weighted by molar-refractivity contribution is -0.144. The van der Waals surface area contributed by atoms with Gasteiger partial charge in [-0.05, 0) is 25.5 Å². The molecule has 1 heterocycles. The molecule has 0 N–H and O–H groups in total. The molecular weight excluding hydrogens is 212 g/mol. The zero-order chi connectivity index (χ0) is 12.0. The van der Waals surface area contributed by atoms with E-state index in [9.17, 15) is 4.79 Å². The monoisotopic (exact) mass is 228 g/mol. The Bertz CT molecular complexity index is 489. The lowest BCUT2D eigenvalue weighted by Crippen LogP contribution is -2.27. The van der Waals surface area contributed by atoms with E-state index < -0.39 is 0 Å². The van der Waals surface area contributed by atoms with Crippen molar-refractivity contribution in [2.75, 3.05) is 0 Å². The van der Waals surface area contributed by atoms with E-state index >= 15 is 0 Å². The minimum absolute atomic E-state index is 0.0674. The van der Waals surface area contributed by atoms with Gasteiger partial charge < -0.3 is 4.74 Å². The summed E-state index contributed by atoms with van der Waals surface area (Å²) in [7, 11) is 0. The first-order valence-corrected chi connectivity index (χ1v) is 6.06. The highest BCUT2D eigenvalue weighted by molar-refractivity contribution is 5.74. The Morgan fingerprint density at radius 1 is 1.29 bits per heavy atom. The maximum absolute atomic E-state index is 11.5. The lowest BCUT2D eigenvalue weighted by Gasteiger charge is -2.25. The van der Waals surface area contributed by atoms with Crippen LogP contribution in [0.3, 0.4) is 0 Å². The van der Waals surface area contributed by atoms with Gasteiger partial charge in [-0.3, -0.25) is 4.79 Å². The fourth-order valence-electron chi connectivity index (χ4n) is 3.34. The van der Waals surface area contributed by atoms with E-state index in [0.717, 1.165) is 0 Å². The summed E-state index contributed by atoms with van der Waals surface area (Å²) in [4.78, 5) is 11.5. The van der Waals surface area contributed by atoms with Crippen molar-refractivity contribution in [1.82, 2.24) is 0 Å². The molecule has 1 aromatic carbocycles. The van der Waals surface area contributed by atoms with Gasteiger partial charge in [0.2, 0.25) is 0 Å². The molecule has 1 aliphatic heterocycles. The van der Waals surface area contributed by atoms with Crippen LogP contribution in [-0.2, 0) is 9.53 Å². The molecule has 3 rings (SSSR count). The van der Waals surface area contributed by atoms with Crippen LogP contribution in [0.25, 0.3) is 0 Å². The van der Waals surface area contributed by atoms with E-state index in [4.69, 9.17) is 4.74 Å². The summed E-state index contributed by atoms with van der Waals surface area (Å²) in [5, 5.41) is 0. The molecule has 0 saturated carbocycles. The summed E-state index contributed by atoms with van der Waals surface area (Å²) in [6.07, 6.45) is 2.66. The number of ether oxygens (including phenoxy) is 1. The molecule has 1 saturated heterocycles. The zero-order valence-electron chi connectivity index (χ0n) is 10.1. The second-order valence-electron chi connectivity index (χ2n) is 5.25. The minimum Gasteiger partial charge on any atom is -0.455 e. The largest absolute Gasteiger partial charge is 0.455 e. The number of fused-ring (bicyclic) bond motifs is 1. The summed E-state index contributed by atoms with van der Waals surface area (Å²) in [6, 6.07) is 10.4. The van der Waals surface area contributed by atoms with Crippen molar-refractivity contribution in [3.8, 4) is 0 Å². The molecular formula is C15H16O2. The van der Waals surface area contributed by atoms with Gasteiger partial charge in [-0.25, -0.2) is 0 Å². The Hall–Kier alpha value is -1.57. The third-order valence-electron chi connectivity index (χ3n) is 4.02. The number of hydrogen-bond acceptors (Lipinski definition) is 2. The van der Waals surface area contributed by atoms with Gasteiger partial charge in [-0.15, -0.1) is 0 Å². The Morgan fingerprint density at radius 2 is 2.00 bits per heavy atom. The van der Waals surface area contributed by atoms with Crippen LogP contribution in [0, 0.1) is 5.92 Å². The molecule has 17 heavy (non-hydrogen) atoms. The van der Waals surface area contributed by atoms with Crippen LogP contribution in [0.15, 0.2) is 42.0 Å². The SMILES string of the molecule is CC1=C[C@]2(C)OC(=O)C[C@@H]2[C@H]1c1ccccc1. The van der Waals surface area contributed by atoms with Crippen LogP contribution in [0.1, 0.15) is 31.7 Å². The summed E-state index contributed by atoms with van der Waals surface area (Å²) in [6.45, 7) is 4.16. The summed E-state index contributed by atoms with van der Waals surface area (Å²) >= 11 is 0. The summed E-state index contributed by atoms with van der Waals surface area (Å²) < 4.78 is 5.48. The van der Waals surface area contributed by atoms with Crippen molar-refractivity contribution in [1.29, 1.82) is 0 Å². The second kappa shape index (κ2) is 3.46. The normalized spacial score (nSPS) is 35.4. The Kier molecular flexibility index (Phi) is 2.15. The molecule has 1 fully saturated rings. The molecule has 88 valence electrons. The molecule has 1 aromatic rings. The smallest absolute Gasteiger partial charge is 0.307 e. The molecule has 0 spiro atoms. The van der Waals surface area contributed by atoms with Crippen LogP contribution < -0.4 is 0 Å². The average Bonchev–Trinajstić information content (AvgIpc) is 2.67. The molecule has 0 amide bonds. The van der Waals surface area contributed by atoms with Crippen LogP contribution in [0.5, 0.6) is 0 Å². The van der Waals surface area contributed by atoms with Gasteiger partial charge in [0.25, 0.3) is 0 Å². The summed E-state index contributed by atoms with van der Waals surface area (Å²) in [5.41, 5.74) is 2.21. The molecule has 0 radical (unpaired) electrons. The molecule has 2 aliphatic rings. The highest BCUT2D eigenvalue weighted by Crippen LogP contribution is 2.52. The maximum atomic E-state index is 11.5. The van der Waals surface area contributed by atoms with Gasteiger partial charge in [0, 0.05) is 11.8 Å². The lowest BCUT2D eigenvalue weighted by atomic mass is 9.80. The van der Waals surface area contributed by atoms with Gasteiger partial charge in [-0.2, -0.15) is 0 Å². The van der Waals surface area contributed by atoms with Crippen molar-refractivity contribution in [3.05, 3.63) is 47.5 Å². The molecule has 2 nitrogen and oxygen atoms in total. The fourth-order valence-corrected chi connectivity index (χ4v) is 3.34. The van der Waals surface area contributed by atoms with Gasteiger partial charge in [0.1, 0.15) is 5.60 Å². The Balaban J connectivity index is 2.03. The van der Waals surface area contributed by atoms with Crippen LogP contribution in [-0.4, -0.2) is 11.6 Å². The summed E-state index contributed by atoms with van der Waals surface area (Å²) in [5.74, 6) is 0.521. The maximum Gasteiger partial charge on any atom is 0.307 e. The van der Waals surface area contributed by atoms with E-state index in [1.165, 1.54) is 11.1 Å². The van der Waals surface area contributed by atoms with Crippen LogP contribution in [0.4, 0.5) is 0 Å². The average molecular weight is 228 g/mol. The quantitative estimate of drug-likeness (QED) is 0.545. The minimum atomic E-state index is -0.387. The number of hydrogen-bond donors (Lipinski definition) is 0. The zero-order valence-corrected chi connectivity index (χ0v) is 10.1. The van der Waals surface area contributed by atoms with Gasteiger partial charge in [0.05, 0.1) is 6.42 Å². The van der Waals surface area contributed by atoms with E-state index in [-0.39, 0.29) is 17.5 Å². The fraction of sp³-hybridized carbons (Fsp3) is 0.400. The molecule has 0 unspecified atom stereocenters. The van der Waals surface area contributed by atoms with Gasteiger partial charge in [-0.1, -0.05) is 35.9 Å². The highest BCUT2D eigenvalue weighted by Gasteiger charge is 2.52. The predicted molar refractivity (Wildman–Crippen MR) is 65.5 cm³/mol. The Labute approximate surface area is 101 Å². The molecule has 3 atom stereocenters. The predicted octanol–water partition coefficient (Wildman–Crippen LogP) is 3.05. The van der Waals surface area contributed by atoms with Gasteiger partial charge >= 0.3 is 5.97 Å². The third kappa shape index (κ3) is 1.51. The first-order valence-electron chi connectivity index (χ1n) is 6.06. The van der Waals surface area contributed by atoms with Crippen molar-refractivity contribution >= 4 is 5.97 Å². The molecule has 2 heteroatoms. The molecule has 0 bridgehead atoms. The number of esters is 1. The highest BCUT2D eigenvalue weighted by atomic mass is 16.6. The number of carbonyl (C=O) groups is 1. The first kappa shape index (κ1) is 10.6.